The summed E-state index contributed by atoms with van der Waals surface area (Å²) in [5.41, 5.74) is 1.44. The fraction of sp³-hybridized carbons (Fsp3) is 0.250. The Kier molecular flexibility index (Phi) is 2.46. The number of ketones is 1. The van der Waals surface area contributed by atoms with E-state index in [1.54, 1.807) is 24.3 Å². The second-order valence-corrected chi connectivity index (χ2v) is 6.27. The maximum absolute atomic E-state index is 11.8. The minimum atomic E-state index is -3.21. The van der Waals surface area contributed by atoms with Crippen molar-refractivity contribution in [2.75, 3.05) is 6.26 Å². The van der Waals surface area contributed by atoms with Crippen LogP contribution in [-0.2, 0) is 9.84 Å². The average molecular weight is 236 g/mol. The van der Waals surface area contributed by atoms with Crippen molar-refractivity contribution in [3.8, 4) is 0 Å². The molecular weight excluding hydrogens is 224 g/mol. The number of rotatable bonds is 1. The predicted molar refractivity (Wildman–Crippen MR) is 62.1 cm³/mol. The van der Waals surface area contributed by atoms with Gasteiger partial charge in [0.15, 0.2) is 15.6 Å². The van der Waals surface area contributed by atoms with Gasteiger partial charge in [-0.2, -0.15) is 0 Å². The zero-order chi connectivity index (χ0) is 11.9. The normalized spacial score (nSPS) is 20.7. The maximum Gasteiger partial charge on any atom is 0.188 e. The fourth-order valence-corrected chi connectivity index (χ4v) is 3.15. The van der Waals surface area contributed by atoms with Crippen LogP contribution in [0.5, 0.6) is 0 Å². The van der Waals surface area contributed by atoms with Crippen molar-refractivity contribution in [2.45, 2.75) is 11.7 Å². The van der Waals surface area contributed by atoms with Gasteiger partial charge in [0.1, 0.15) is 0 Å². The summed E-state index contributed by atoms with van der Waals surface area (Å²) in [6.07, 6.45) is 1.40. The van der Waals surface area contributed by atoms with Crippen LogP contribution in [0, 0.1) is 0 Å². The summed E-state index contributed by atoms with van der Waals surface area (Å²) >= 11 is 0. The number of carbonyl (C=O) groups is 1. The van der Waals surface area contributed by atoms with Gasteiger partial charge in [0.25, 0.3) is 0 Å². The van der Waals surface area contributed by atoms with E-state index in [4.69, 9.17) is 0 Å². The van der Waals surface area contributed by atoms with Crippen molar-refractivity contribution < 1.29 is 13.2 Å². The third kappa shape index (κ3) is 1.69. The number of allylic oxidation sites excluding steroid dienone is 1. The molecule has 4 heteroatoms. The van der Waals surface area contributed by atoms with Crippen molar-refractivity contribution in [3.05, 3.63) is 47.5 Å². The van der Waals surface area contributed by atoms with Gasteiger partial charge in [0.2, 0.25) is 0 Å². The van der Waals surface area contributed by atoms with E-state index in [1.807, 2.05) is 0 Å². The van der Waals surface area contributed by atoms with E-state index in [0.29, 0.717) is 16.7 Å². The van der Waals surface area contributed by atoms with E-state index >= 15 is 0 Å². The largest absolute Gasteiger partial charge is 0.289 e. The second-order valence-electron chi connectivity index (χ2n) is 4.04. The number of Topliss-reactive ketones (excluding diaryl/α,β-unsaturated/α-hetero) is 1. The van der Waals surface area contributed by atoms with Gasteiger partial charge in [-0.1, -0.05) is 30.8 Å². The molecule has 1 atom stereocenters. The second kappa shape index (κ2) is 3.56. The summed E-state index contributed by atoms with van der Waals surface area (Å²) in [4.78, 5) is 11.8. The minimum absolute atomic E-state index is 0.143. The van der Waals surface area contributed by atoms with Crippen LogP contribution in [0.3, 0.4) is 0 Å². The van der Waals surface area contributed by atoms with Crippen molar-refractivity contribution in [1.29, 1.82) is 0 Å². The van der Waals surface area contributed by atoms with Gasteiger partial charge in [-0.15, -0.1) is 0 Å². The Morgan fingerprint density at radius 2 is 1.94 bits per heavy atom. The number of benzene rings is 1. The van der Waals surface area contributed by atoms with Gasteiger partial charge < -0.3 is 0 Å². The highest BCUT2D eigenvalue weighted by Crippen LogP contribution is 2.36. The molecule has 0 radical (unpaired) electrons. The molecule has 0 N–H and O–H groups in total. The highest BCUT2D eigenvalue weighted by atomic mass is 32.2. The Balaban J connectivity index is 2.67. The van der Waals surface area contributed by atoms with Crippen LogP contribution in [-0.4, -0.2) is 20.5 Å². The summed E-state index contributed by atoms with van der Waals surface area (Å²) in [6, 6.07) is 6.83. The molecular formula is C12H12O3S. The summed E-state index contributed by atoms with van der Waals surface area (Å²) in [6.45, 7) is 3.64. The van der Waals surface area contributed by atoms with E-state index in [1.165, 1.54) is 6.26 Å². The van der Waals surface area contributed by atoms with Gasteiger partial charge in [0, 0.05) is 11.8 Å². The zero-order valence-corrected chi connectivity index (χ0v) is 9.75. The summed E-state index contributed by atoms with van der Waals surface area (Å²) in [7, 11) is -3.21. The Hall–Kier alpha value is -1.42. The molecule has 1 unspecified atom stereocenters. The highest BCUT2D eigenvalue weighted by Gasteiger charge is 2.33. The van der Waals surface area contributed by atoms with Crippen molar-refractivity contribution in [1.82, 2.24) is 0 Å². The number of hydrogen-bond acceptors (Lipinski definition) is 3. The van der Waals surface area contributed by atoms with Gasteiger partial charge >= 0.3 is 0 Å². The zero-order valence-electron chi connectivity index (χ0n) is 8.93. The van der Waals surface area contributed by atoms with Crippen LogP contribution >= 0.6 is 0 Å². The number of sulfone groups is 1. The first-order chi connectivity index (χ1) is 7.41. The number of fused-ring (bicyclic) bond motifs is 1. The van der Waals surface area contributed by atoms with Crippen LogP contribution in [0.25, 0.3) is 0 Å². The minimum Gasteiger partial charge on any atom is -0.289 e. The monoisotopic (exact) mass is 236 g/mol. The molecule has 0 saturated carbocycles. The van der Waals surface area contributed by atoms with Crippen LogP contribution in [0.1, 0.15) is 27.6 Å². The average Bonchev–Trinajstić information content (AvgIpc) is 2.22. The quantitative estimate of drug-likeness (QED) is 0.700. The molecule has 0 spiro atoms. The lowest BCUT2D eigenvalue weighted by molar-refractivity contribution is 0.102. The van der Waals surface area contributed by atoms with Crippen LogP contribution < -0.4 is 0 Å². The number of hydrogen-bond donors (Lipinski definition) is 0. The summed E-state index contributed by atoms with van der Waals surface area (Å²) in [5, 5.41) is -0.631. The van der Waals surface area contributed by atoms with E-state index in [2.05, 4.69) is 6.58 Å². The molecule has 0 bridgehead atoms. The molecule has 0 aliphatic heterocycles. The molecule has 3 nitrogen and oxygen atoms in total. The van der Waals surface area contributed by atoms with Gasteiger partial charge in [-0.05, 0) is 17.6 Å². The van der Waals surface area contributed by atoms with Crippen molar-refractivity contribution in [3.63, 3.8) is 0 Å². The lowest BCUT2D eigenvalue weighted by atomic mass is 9.87. The number of carbonyl (C=O) groups excluding carboxylic acids is 1. The molecule has 2 rings (SSSR count). The van der Waals surface area contributed by atoms with Gasteiger partial charge in [0.05, 0.1) is 5.25 Å². The molecule has 16 heavy (non-hydrogen) atoms. The van der Waals surface area contributed by atoms with Crippen LogP contribution in [0.15, 0.2) is 36.4 Å². The van der Waals surface area contributed by atoms with Crippen molar-refractivity contribution >= 4 is 15.6 Å². The van der Waals surface area contributed by atoms with Gasteiger partial charge in [-0.25, -0.2) is 8.42 Å². The molecule has 1 aliphatic rings. The Labute approximate surface area is 94.7 Å². The molecule has 1 aliphatic carbocycles. The van der Waals surface area contributed by atoms with Crippen LogP contribution in [0.2, 0.25) is 0 Å². The molecule has 0 saturated heterocycles. The van der Waals surface area contributed by atoms with Gasteiger partial charge in [-0.3, -0.25) is 4.79 Å². The maximum atomic E-state index is 11.8. The van der Waals surface area contributed by atoms with E-state index in [0.717, 1.165) is 0 Å². The Morgan fingerprint density at radius 3 is 2.56 bits per heavy atom. The molecule has 1 aromatic carbocycles. The smallest absolute Gasteiger partial charge is 0.188 e. The first-order valence-corrected chi connectivity index (χ1v) is 6.87. The lowest BCUT2D eigenvalue weighted by Crippen LogP contribution is -2.23. The molecule has 0 heterocycles. The summed E-state index contributed by atoms with van der Waals surface area (Å²) in [5.74, 6) is -0.143. The van der Waals surface area contributed by atoms with E-state index < -0.39 is 15.1 Å². The third-order valence-electron chi connectivity index (χ3n) is 2.82. The first-order valence-electron chi connectivity index (χ1n) is 4.91. The predicted octanol–water partition coefficient (Wildman–Crippen LogP) is 1.91. The molecule has 0 aromatic heterocycles. The SMILES string of the molecule is C=C1CC(S(C)(=O)=O)c2ccccc2C1=O. The highest BCUT2D eigenvalue weighted by molar-refractivity contribution is 7.90. The van der Waals surface area contributed by atoms with E-state index in [-0.39, 0.29) is 12.2 Å². The first kappa shape index (κ1) is 11.1. The fourth-order valence-electron chi connectivity index (χ4n) is 1.98. The standard InChI is InChI=1S/C12H12O3S/c1-8-7-11(16(2,14)15)9-5-3-4-6-10(9)12(8)13/h3-6,11H,1,7H2,2H3. The molecule has 84 valence electrons. The van der Waals surface area contributed by atoms with E-state index in [9.17, 15) is 13.2 Å². The van der Waals surface area contributed by atoms with Crippen molar-refractivity contribution in [2.24, 2.45) is 0 Å². The molecule has 0 amide bonds. The molecule has 0 fully saturated rings. The van der Waals surface area contributed by atoms with Crippen LogP contribution in [0.4, 0.5) is 0 Å². The Morgan fingerprint density at radius 1 is 1.31 bits per heavy atom. The third-order valence-corrected chi connectivity index (χ3v) is 4.28. The summed E-state index contributed by atoms with van der Waals surface area (Å²) < 4.78 is 23.3. The molecule has 1 aromatic rings. The topological polar surface area (TPSA) is 51.2 Å². The Bertz CT molecular complexity index is 570. The lowest BCUT2D eigenvalue weighted by Gasteiger charge is -2.24.